The van der Waals surface area contributed by atoms with Crippen LogP contribution in [-0.2, 0) is 12.8 Å². The molecule has 1 heterocycles. The molecule has 0 aromatic carbocycles. The van der Waals surface area contributed by atoms with Crippen LogP contribution in [0.15, 0.2) is 18.3 Å². The minimum Gasteiger partial charge on any atom is -0.333 e. The van der Waals surface area contributed by atoms with Gasteiger partial charge in [0.15, 0.2) is 0 Å². The van der Waals surface area contributed by atoms with E-state index in [0.717, 1.165) is 0 Å². The fourth-order valence-corrected chi connectivity index (χ4v) is 1.53. The molecule has 1 aromatic heterocycles. The minimum absolute atomic E-state index is 1.19. The van der Waals surface area contributed by atoms with Crippen molar-refractivity contribution in [3.63, 3.8) is 0 Å². The van der Waals surface area contributed by atoms with Crippen LogP contribution in [0, 0.1) is 0 Å². The summed E-state index contributed by atoms with van der Waals surface area (Å²) in [7, 11) is 1.50. The Balaban J connectivity index is 0.000000336. The lowest BCUT2D eigenvalue weighted by Crippen LogP contribution is -2.03. The van der Waals surface area contributed by atoms with Crippen LogP contribution >= 0.6 is 0 Å². The molecular weight excluding hydrogens is 148 g/mol. The Morgan fingerprint density at radius 2 is 2.00 bits per heavy atom. The summed E-state index contributed by atoms with van der Waals surface area (Å²) in [5, 5.41) is 0. The number of aryl methyl sites for hydroxylation is 2. The van der Waals surface area contributed by atoms with Crippen molar-refractivity contribution in [3.05, 3.63) is 29.6 Å². The first-order valence-electron chi connectivity index (χ1n) is 4.47. The minimum atomic E-state index is 1.19. The third kappa shape index (κ3) is 2.05. The lowest BCUT2D eigenvalue weighted by atomic mass is 9.96. The summed E-state index contributed by atoms with van der Waals surface area (Å²) >= 11 is 0. The smallest absolute Gasteiger partial charge is 0.0435 e. The molecule has 0 bridgehead atoms. The maximum absolute atomic E-state index is 4.50. The largest absolute Gasteiger partial charge is 0.333 e. The Kier molecular flexibility index (Phi) is 3.74. The maximum Gasteiger partial charge on any atom is 0.0435 e. The molecule has 66 valence electrons. The molecule has 2 rings (SSSR count). The van der Waals surface area contributed by atoms with Crippen molar-refractivity contribution < 1.29 is 0 Å². The predicted octanol–water partition coefficient (Wildman–Crippen LogP) is 1.54. The van der Waals surface area contributed by atoms with E-state index in [1.165, 1.54) is 44.0 Å². The summed E-state index contributed by atoms with van der Waals surface area (Å²) in [5.41, 5.74) is 7.29. The molecule has 0 spiro atoms. The average molecular weight is 164 g/mol. The van der Waals surface area contributed by atoms with Crippen LogP contribution in [-0.4, -0.2) is 12.0 Å². The number of pyridine rings is 1. The lowest BCUT2D eigenvalue weighted by molar-refractivity contribution is 0.668. The molecule has 0 fully saturated rings. The van der Waals surface area contributed by atoms with Crippen LogP contribution in [0.4, 0.5) is 0 Å². The molecule has 0 saturated carbocycles. The van der Waals surface area contributed by atoms with Gasteiger partial charge in [0.25, 0.3) is 0 Å². The summed E-state index contributed by atoms with van der Waals surface area (Å²) < 4.78 is 0. The fourth-order valence-electron chi connectivity index (χ4n) is 1.53. The second-order valence-corrected chi connectivity index (χ2v) is 2.82. The third-order valence-corrected chi connectivity index (χ3v) is 2.09. The Morgan fingerprint density at radius 3 is 2.75 bits per heavy atom. The summed E-state index contributed by atoms with van der Waals surface area (Å²) in [6.45, 7) is 0. The van der Waals surface area contributed by atoms with Gasteiger partial charge in [0.2, 0.25) is 0 Å². The van der Waals surface area contributed by atoms with Crippen molar-refractivity contribution >= 4 is 0 Å². The van der Waals surface area contributed by atoms with Gasteiger partial charge in [-0.3, -0.25) is 4.98 Å². The van der Waals surface area contributed by atoms with Crippen molar-refractivity contribution in [1.82, 2.24) is 4.98 Å². The molecule has 0 unspecified atom stereocenters. The summed E-state index contributed by atoms with van der Waals surface area (Å²) in [6, 6.07) is 4.23. The highest BCUT2D eigenvalue weighted by Crippen LogP contribution is 2.17. The van der Waals surface area contributed by atoms with Crippen LogP contribution in [0.3, 0.4) is 0 Å². The van der Waals surface area contributed by atoms with E-state index in [9.17, 15) is 0 Å². The van der Waals surface area contributed by atoms with Crippen LogP contribution in [0.5, 0.6) is 0 Å². The van der Waals surface area contributed by atoms with Crippen molar-refractivity contribution in [2.24, 2.45) is 5.73 Å². The quantitative estimate of drug-likeness (QED) is 0.631. The monoisotopic (exact) mass is 164 g/mol. The van der Waals surface area contributed by atoms with E-state index in [1.54, 1.807) is 0 Å². The van der Waals surface area contributed by atoms with Crippen LogP contribution < -0.4 is 5.73 Å². The Hall–Kier alpha value is -0.890. The number of hydrogen-bond acceptors (Lipinski definition) is 2. The molecule has 1 aromatic rings. The first-order valence-corrected chi connectivity index (χ1v) is 4.47. The van der Waals surface area contributed by atoms with Gasteiger partial charge in [0.05, 0.1) is 0 Å². The van der Waals surface area contributed by atoms with E-state index in [2.05, 4.69) is 16.8 Å². The Bertz CT molecular complexity index is 208. The van der Waals surface area contributed by atoms with Gasteiger partial charge >= 0.3 is 0 Å². The van der Waals surface area contributed by atoms with Crippen LogP contribution in [0.25, 0.3) is 0 Å². The normalized spacial score (nSPS) is 14.2. The number of nitrogens with zero attached hydrogens (tertiary/aromatic N) is 1. The molecule has 12 heavy (non-hydrogen) atoms. The second kappa shape index (κ2) is 4.88. The molecule has 2 heteroatoms. The third-order valence-electron chi connectivity index (χ3n) is 2.09. The van der Waals surface area contributed by atoms with Gasteiger partial charge in [-0.15, -0.1) is 0 Å². The first kappa shape index (κ1) is 9.20. The SMILES string of the molecule is CN.c1cnc2c(c1)CCCC2. The van der Waals surface area contributed by atoms with E-state index in [-0.39, 0.29) is 0 Å². The molecular formula is C10H16N2. The van der Waals surface area contributed by atoms with Gasteiger partial charge in [0.1, 0.15) is 0 Å². The molecule has 2 nitrogen and oxygen atoms in total. The number of aromatic nitrogens is 1. The zero-order chi connectivity index (χ0) is 8.81. The maximum atomic E-state index is 4.50. The van der Waals surface area contributed by atoms with E-state index in [1.807, 2.05) is 12.3 Å². The molecule has 2 N–H and O–H groups in total. The Morgan fingerprint density at radius 1 is 1.25 bits per heavy atom. The summed E-state index contributed by atoms with van der Waals surface area (Å²) in [5.74, 6) is 0. The molecule has 1 aliphatic carbocycles. The van der Waals surface area contributed by atoms with Crippen molar-refractivity contribution in [2.45, 2.75) is 25.7 Å². The average Bonchev–Trinajstić information content (AvgIpc) is 2.21. The lowest BCUT2D eigenvalue weighted by Gasteiger charge is -2.12. The number of hydrogen-bond donors (Lipinski definition) is 1. The highest BCUT2D eigenvalue weighted by molar-refractivity contribution is 5.21. The highest BCUT2D eigenvalue weighted by atomic mass is 14.7. The Labute approximate surface area is 73.8 Å². The first-order chi connectivity index (χ1) is 5.97. The van der Waals surface area contributed by atoms with E-state index in [4.69, 9.17) is 0 Å². The number of fused-ring (bicyclic) bond motifs is 1. The second-order valence-electron chi connectivity index (χ2n) is 2.82. The van der Waals surface area contributed by atoms with Crippen molar-refractivity contribution in [3.8, 4) is 0 Å². The van der Waals surface area contributed by atoms with E-state index in [0.29, 0.717) is 0 Å². The molecule has 0 radical (unpaired) electrons. The van der Waals surface area contributed by atoms with Gasteiger partial charge in [-0.1, -0.05) is 6.07 Å². The molecule has 0 aliphatic heterocycles. The van der Waals surface area contributed by atoms with Crippen LogP contribution in [0.1, 0.15) is 24.1 Å². The topological polar surface area (TPSA) is 38.9 Å². The molecule has 1 aliphatic rings. The van der Waals surface area contributed by atoms with Gasteiger partial charge in [-0.2, -0.15) is 0 Å². The number of nitrogens with two attached hydrogens (primary N) is 1. The van der Waals surface area contributed by atoms with Gasteiger partial charge in [0, 0.05) is 11.9 Å². The predicted molar refractivity (Wildman–Crippen MR) is 51.0 cm³/mol. The molecule has 0 saturated heterocycles. The standard InChI is InChI=1S/C9H11N.CH5N/c1-2-6-9-8(4-1)5-3-7-10-9;1-2/h3,5,7H,1-2,4,6H2;2H2,1H3. The molecule has 0 amide bonds. The summed E-state index contributed by atoms with van der Waals surface area (Å²) in [6.07, 6.45) is 6.99. The summed E-state index contributed by atoms with van der Waals surface area (Å²) in [4.78, 5) is 4.32. The van der Waals surface area contributed by atoms with Crippen molar-refractivity contribution in [1.29, 1.82) is 0 Å². The number of rotatable bonds is 0. The van der Waals surface area contributed by atoms with Crippen molar-refractivity contribution in [2.75, 3.05) is 7.05 Å². The van der Waals surface area contributed by atoms with E-state index >= 15 is 0 Å². The van der Waals surface area contributed by atoms with Gasteiger partial charge in [-0.05, 0) is 44.4 Å². The fraction of sp³-hybridized carbons (Fsp3) is 0.500. The van der Waals surface area contributed by atoms with Crippen LogP contribution in [0.2, 0.25) is 0 Å². The van der Waals surface area contributed by atoms with Gasteiger partial charge < -0.3 is 5.73 Å². The van der Waals surface area contributed by atoms with E-state index < -0.39 is 0 Å². The van der Waals surface area contributed by atoms with Gasteiger partial charge in [-0.25, -0.2) is 0 Å². The zero-order valence-corrected chi connectivity index (χ0v) is 7.59. The zero-order valence-electron chi connectivity index (χ0n) is 7.59. The molecule has 0 atom stereocenters. The highest BCUT2D eigenvalue weighted by Gasteiger charge is 2.07.